The van der Waals surface area contributed by atoms with Gasteiger partial charge in [0, 0.05) is 25.5 Å². The van der Waals surface area contributed by atoms with E-state index in [0.717, 1.165) is 44.9 Å². The Hall–Kier alpha value is -2.33. The van der Waals surface area contributed by atoms with Crippen LogP contribution < -0.4 is 4.74 Å². The van der Waals surface area contributed by atoms with Gasteiger partial charge in [0.25, 0.3) is 0 Å². The molecular formula is C22H31N3O4. The number of piperidine rings is 1. The summed E-state index contributed by atoms with van der Waals surface area (Å²) in [5.74, 6) is 0.614. The van der Waals surface area contributed by atoms with Gasteiger partial charge in [0.15, 0.2) is 0 Å². The van der Waals surface area contributed by atoms with Crippen LogP contribution in [0.25, 0.3) is 0 Å². The number of likely N-dealkylation sites (tertiary alicyclic amines) is 1. The molecule has 1 unspecified atom stereocenters. The molecule has 3 rings (SSSR count). The lowest BCUT2D eigenvalue weighted by molar-refractivity contribution is -0.0658. The molecule has 0 spiro atoms. The predicted molar refractivity (Wildman–Crippen MR) is 108 cm³/mol. The number of ether oxygens (including phenoxy) is 3. The third kappa shape index (κ3) is 6.07. The van der Waals surface area contributed by atoms with Crippen molar-refractivity contribution in [3.8, 4) is 11.8 Å². The van der Waals surface area contributed by atoms with Crippen LogP contribution in [-0.2, 0) is 9.47 Å². The number of aromatic nitrogens is 1. The molecule has 1 aliphatic carbocycles. The lowest BCUT2D eigenvalue weighted by Crippen LogP contribution is -2.43. The second kappa shape index (κ2) is 10.4. The van der Waals surface area contributed by atoms with E-state index in [0.29, 0.717) is 24.4 Å². The monoisotopic (exact) mass is 401 g/mol. The maximum atomic E-state index is 12.1. The van der Waals surface area contributed by atoms with Crippen molar-refractivity contribution >= 4 is 6.09 Å². The van der Waals surface area contributed by atoms with Gasteiger partial charge in [-0.25, -0.2) is 4.79 Å². The third-order valence-corrected chi connectivity index (χ3v) is 5.78. The Kier molecular flexibility index (Phi) is 7.70. The quantitative estimate of drug-likeness (QED) is 0.715. The summed E-state index contributed by atoms with van der Waals surface area (Å²) in [4.78, 5) is 17.9. The lowest BCUT2D eigenvalue weighted by atomic mass is 9.94. The van der Waals surface area contributed by atoms with Crippen molar-refractivity contribution in [1.82, 2.24) is 9.88 Å². The van der Waals surface area contributed by atoms with E-state index in [-0.39, 0.29) is 30.5 Å². The molecule has 1 aliphatic heterocycles. The van der Waals surface area contributed by atoms with E-state index in [4.69, 9.17) is 19.5 Å². The van der Waals surface area contributed by atoms with Gasteiger partial charge in [-0.1, -0.05) is 6.92 Å². The number of nitriles is 1. The van der Waals surface area contributed by atoms with E-state index in [1.807, 2.05) is 13.8 Å². The van der Waals surface area contributed by atoms with Crippen LogP contribution >= 0.6 is 0 Å². The van der Waals surface area contributed by atoms with Gasteiger partial charge in [-0.2, -0.15) is 5.26 Å². The van der Waals surface area contributed by atoms with Crippen LogP contribution in [-0.4, -0.2) is 53.5 Å². The Morgan fingerprint density at radius 1 is 1.21 bits per heavy atom. The van der Waals surface area contributed by atoms with Crippen LogP contribution in [0.3, 0.4) is 0 Å². The van der Waals surface area contributed by atoms with Crippen molar-refractivity contribution in [2.45, 2.75) is 83.2 Å². The highest BCUT2D eigenvalue weighted by Gasteiger charge is 2.29. The number of carbonyl (C=O) groups is 1. The van der Waals surface area contributed by atoms with Crippen LogP contribution in [0.5, 0.6) is 5.75 Å². The average Bonchev–Trinajstić information content (AvgIpc) is 2.76. The number of hydrogen-bond acceptors (Lipinski definition) is 6. The summed E-state index contributed by atoms with van der Waals surface area (Å²) in [5.41, 5.74) is 0.476. The number of pyridine rings is 1. The third-order valence-electron chi connectivity index (χ3n) is 5.78. The van der Waals surface area contributed by atoms with Gasteiger partial charge < -0.3 is 19.1 Å². The Labute approximate surface area is 172 Å². The summed E-state index contributed by atoms with van der Waals surface area (Å²) in [6, 6.07) is 3.88. The van der Waals surface area contributed by atoms with Gasteiger partial charge in [-0.05, 0) is 57.9 Å². The van der Waals surface area contributed by atoms with E-state index >= 15 is 0 Å². The first-order chi connectivity index (χ1) is 14.1. The zero-order chi connectivity index (χ0) is 20.6. The molecule has 1 saturated heterocycles. The molecule has 1 aromatic heterocycles. The van der Waals surface area contributed by atoms with Crippen LogP contribution in [0.4, 0.5) is 4.79 Å². The highest BCUT2D eigenvalue weighted by Crippen LogP contribution is 2.29. The fourth-order valence-corrected chi connectivity index (χ4v) is 3.81. The minimum Gasteiger partial charge on any atom is -0.489 e. The number of hydrogen-bond donors (Lipinski definition) is 0. The first kappa shape index (κ1) is 21.4. The molecule has 2 fully saturated rings. The molecule has 2 heterocycles. The van der Waals surface area contributed by atoms with Crippen LogP contribution in [0.1, 0.15) is 64.4 Å². The Balaban J connectivity index is 1.37. The average molecular weight is 402 g/mol. The maximum Gasteiger partial charge on any atom is 0.410 e. The zero-order valence-electron chi connectivity index (χ0n) is 17.4. The van der Waals surface area contributed by atoms with E-state index in [2.05, 4.69) is 11.1 Å². The molecule has 0 radical (unpaired) electrons. The summed E-state index contributed by atoms with van der Waals surface area (Å²) in [7, 11) is 0. The normalized spacial score (nSPS) is 23.8. The van der Waals surface area contributed by atoms with Gasteiger partial charge in [0.1, 0.15) is 23.5 Å². The van der Waals surface area contributed by atoms with Crippen LogP contribution in [0, 0.1) is 11.3 Å². The molecule has 0 aromatic carbocycles. The molecule has 0 N–H and O–H groups in total. The zero-order valence-corrected chi connectivity index (χ0v) is 17.4. The minimum absolute atomic E-state index is 0.0368. The first-order valence-electron chi connectivity index (χ1n) is 10.7. The second-order valence-electron chi connectivity index (χ2n) is 7.93. The highest BCUT2D eigenvalue weighted by molar-refractivity contribution is 5.67. The summed E-state index contributed by atoms with van der Waals surface area (Å²) < 4.78 is 17.7. The van der Waals surface area contributed by atoms with E-state index in [1.54, 1.807) is 17.2 Å². The van der Waals surface area contributed by atoms with Crippen molar-refractivity contribution in [3.05, 3.63) is 24.0 Å². The maximum absolute atomic E-state index is 12.1. The molecule has 158 valence electrons. The minimum atomic E-state index is -0.205. The van der Waals surface area contributed by atoms with E-state index in [9.17, 15) is 4.79 Å². The first-order valence-corrected chi connectivity index (χ1v) is 10.7. The number of amides is 1. The molecule has 0 bridgehead atoms. The van der Waals surface area contributed by atoms with Gasteiger partial charge in [0.2, 0.25) is 0 Å². The Morgan fingerprint density at radius 3 is 2.52 bits per heavy atom. The number of nitrogens with zero attached hydrogens (tertiary/aromatic N) is 3. The molecule has 1 amide bonds. The summed E-state index contributed by atoms with van der Waals surface area (Å²) in [6.45, 7) is 5.32. The van der Waals surface area contributed by atoms with Gasteiger partial charge in [-0.15, -0.1) is 0 Å². The van der Waals surface area contributed by atoms with E-state index in [1.165, 1.54) is 6.20 Å². The molecule has 29 heavy (non-hydrogen) atoms. The molecule has 2 aliphatic rings. The molecule has 7 heteroatoms. The molecule has 1 atom stereocenters. The van der Waals surface area contributed by atoms with Gasteiger partial charge >= 0.3 is 6.09 Å². The SMILES string of the molecule is CCC(C)OC(=O)N1CCC(OC2CCC(Oc3ccncc3C#N)CC2)CC1. The number of carbonyl (C=O) groups excluding carboxylic acids is 1. The molecule has 1 saturated carbocycles. The smallest absolute Gasteiger partial charge is 0.410 e. The van der Waals surface area contributed by atoms with Crippen molar-refractivity contribution in [2.24, 2.45) is 0 Å². The van der Waals surface area contributed by atoms with Gasteiger partial charge in [-0.3, -0.25) is 4.98 Å². The second-order valence-corrected chi connectivity index (χ2v) is 7.93. The van der Waals surface area contributed by atoms with Gasteiger partial charge in [0.05, 0.1) is 18.3 Å². The summed E-state index contributed by atoms with van der Waals surface area (Å²) in [5, 5.41) is 9.16. The van der Waals surface area contributed by atoms with Crippen molar-refractivity contribution < 1.29 is 19.0 Å². The fraction of sp³-hybridized carbons (Fsp3) is 0.682. The fourth-order valence-electron chi connectivity index (χ4n) is 3.81. The Morgan fingerprint density at radius 2 is 1.86 bits per heavy atom. The highest BCUT2D eigenvalue weighted by atomic mass is 16.6. The van der Waals surface area contributed by atoms with E-state index < -0.39 is 0 Å². The molecule has 1 aromatic rings. The standard InChI is InChI=1S/C22H31N3O4/c1-3-16(2)27-22(26)25-12-9-20(10-13-25)28-18-4-6-19(7-5-18)29-21-8-11-24-15-17(21)14-23/h8,11,15-16,18-20H,3-7,9-10,12-13H2,1-2H3. The predicted octanol–water partition coefficient (Wildman–Crippen LogP) is 4.06. The van der Waals surface area contributed by atoms with Crippen molar-refractivity contribution in [2.75, 3.05) is 13.1 Å². The van der Waals surface area contributed by atoms with Crippen LogP contribution in [0.2, 0.25) is 0 Å². The van der Waals surface area contributed by atoms with Crippen molar-refractivity contribution in [3.63, 3.8) is 0 Å². The van der Waals surface area contributed by atoms with Crippen LogP contribution in [0.15, 0.2) is 18.5 Å². The van der Waals surface area contributed by atoms with Crippen molar-refractivity contribution in [1.29, 1.82) is 5.26 Å². The summed E-state index contributed by atoms with van der Waals surface area (Å²) >= 11 is 0. The number of rotatable bonds is 6. The summed E-state index contributed by atoms with van der Waals surface area (Å²) in [6.07, 6.45) is 9.78. The largest absolute Gasteiger partial charge is 0.489 e. The lowest BCUT2D eigenvalue weighted by Gasteiger charge is -2.36. The molecule has 7 nitrogen and oxygen atoms in total. The molecular weight excluding hydrogens is 370 g/mol. The topological polar surface area (TPSA) is 84.7 Å². The Bertz CT molecular complexity index is 704.